The van der Waals surface area contributed by atoms with Gasteiger partial charge in [0, 0.05) is 28.6 Å². The van der Waals surface area contributed by atoms with E-state index in [9.17, 15) is 4.79 Å². The molecule has 19 heavy (non-hydrogen) atoms. The molecular weight excluding hydrogens is 238 g/mol. The standard InChI is InChI=1S/C15H9N3O/c19-15-17-8-12-10-4-3-9-2-1-7-16-14(9)11(10)5-6-13(12)18-15/h1-8H,(H,17,18,19). The van der Waals surface area contributed by atoms with Crippen LogP contribution in [0.4, 0.5) is 0 Å². The Bertz CT molecular complexity index is 989. The van der Waals surface area contributed by atoms with Gasteiger partial charge in [-0.15, -0.1) is 0 Å². The van der Waals surface area contributed by atoms with E-state index in [-0.39, 0.29) is 5.69 Å². The summed E-state index contributed by atoms with van der Waals surface area (Å²) in [5, 5.41) is 4.16. The maximum Gasteiger partial charge on any atom is 0.345 e. The molecule has 4 rings (SSSR count). The molecule has 4 heteroatoms. The molecule has 0 bridgehead atoms. The number of rotatable bonds is 0. The van der Waals surface area contributed by atoms with Gasteiger partial charge in [-0.1, -0.05) is 24.3 Å². The Kier molecular flexibility index (Phi) is 1.94. The maximum absolute atomic E-state index is 11.3. The third-order valence-corrected chi connectivity index (χ3v) is 3.36. The second-order valence-corrected chi connectivity index (χ2v) is 4.45. The summed E-state index contributed by atoms with van der Waals surface area (Å²) in [5.41, 5.74) is 1.43. The van der Waals surface area contributed by atoms with E-state index in [0.717, 1.165) is 32.6 Å². The zero-order chi connectivity index (χ0) is 12.8. The van der Waals surface area contributed by atoms with Gasteiger partial charge in [-0.05, 0) is 17.5 Å². The molecule has 2 aromatic carbocycles. The van der Waals surface area contributed by atoms with E-state index >= 15 is 0 Å². The van der Waals surface area contributed by atoms with Gasteiger partial charge in [-0.25, -0.2) is 9.78 Å². The van der Waals surface area contributed by atoms with Gasteiger partial charge in [-0.2, -0.15) is 0 Å². The zero-order valence-corrected chi connectivity index (χ0v) is 9.92. The normalized spacial score (nSPS) is 11.4. The van der Waals surface area contributed by atoms with Crippen LogP contribution in [0.25, 0.3) is 32.6 Å². The van der Waals surface area contributed by atoms with Crippen molar-refractivity contribution < 1.29 is 0 Å². The Hall–Kier alpha value is -2.75. The molecule has 0 unspecified atom stereocenters. The highest BCUT2D eigenvalue weighted by molar-refractivity contribution is 6.14. The molecular formula is C15H9N3O. The van der Waals surface area contributed by atoms with E-state index < -0.39 is 0 Å². The van der Waals surface area contributed by atoms with E-state index in [2.05, 4.69) is 15.0 Å². The minimum Gasteiger partial charge on any atom is -0.305 e. The topological polar surface area (TPSA) is 58.6 Å². The molecule has 4 nitrogen and oxygen atoms in total. The molecule has 2 aromatic heterocycles. The summed E-state index contributed by atoms with van der Waals surface area (Å²) in [6.45, 7) is 0. The van der Waals surface area contributed by atoms with Gasteiger partial charge < -0.3 is 4.98 Å². The fourth-order valence-corrected chi connectivity index (χ4v) is 2.49. The van der Waals surface area contributed by atoms with Crippen LogP contribution in [0.1, 0.15) is 0 Å². The van der Waals surface area contributed by atoms with E-state index in [4.69, 9.17) is 0 Å². The van der Waals surface area contributed by atoms with E-state index in [1.807, 2.05) is 36.4 Å². The van der Waals surface area contributed by atoms with Crippen molar-refractivity contribution in [1.82, 2.24) is 15.0 Å². The van der Waals surface area contributed by atoms with Crippen molar-refractivity contribution in [2.45, 2.75) is 0 Å². The summed E-state index contributed by atoms with van der Waals surface area (Å²) in [6, 6.07) is 11.9. The van der Waals surface area contributed by atoms with E-state index in [1.54, 1.807) is 12.4 Å². The van der Waals surface area contributed by atoms with Crippen LogP contribution >= 0.6 is 0 Å². The number of hydrogen-bond donors (Lipinski definition) is 1. The lowest BCUT2D eigenvalue weighted by Gasteiger charge is -2.05. The lowest BCUT2D eigenvalue weighted by atomic mass is 10.0. The molecule has 0 atom stereocenters. The van der Waals surface area contributed by atoms with Crippen molar-refractivity contribution in [2.24, 2.45) is 0 Å². The van der Waals surface area contributed by atoms with Crippen molar-refractivity contribution in [1.29, 1.82) is 0 Å². The SMILES string of the molecule is O=c1ncc2c(ccc3c2ccc2cccnc23)[nH]1. The summed E-state index contributed by atoms with van der Waals surface area (Å²) >= 11 is 0. The highest BCUT2D eigenvalue weighted by Gasteiger charge is 2.05. The number of aromatic amines is 1. The summed E-state index contributed by atoms with van der Waals surface area (Å²) in [6.07, 6.45) is 3.41. The highest BCUT2D eigenvalue weighted by Crippen LogP contribution is 2.28. The van der Waals surface area contributed by atoms with Crippen LogP contribution in [0.5, 0.6) is 0 Å². The predicted octanol–water partition coefficient (Wildman–Crippen LogP) is 2.62. The minimum atomic E-state index is -0.328. The van der Waals surface area contributed by atoms with Gasteiger partial charge in [0.05, 0.1) is 11.0 Å². The summed E-state index contributed by atoms with van der Waals surface area (Å²) in [5.74, 6) is 0. The number of nitrogens with zero attached hydrogens (tertiary/aromatic N) is 2. The molecule has 2 heterocycles. The van der Waals surface area contributed by atoms with Crippen LogP contribution in [0.2, 0.25) is 0 Å². The smallest absolute Gasteiger partial charge is 0.305 e. The number of hydrogen-bond acceptors (Lipinski definition) is 3. The largest absolute Gasteiger partial charge is 0.345 e. The number of aromatic nitrogens is 3. The minimum absolute atomic E-state index is 0.328. The fraction of sp³-hybridized carbons (Fsp3) is 0. The number of fused-ring (bicyclic) bond motifs is 5. The summed E-state index contributed by atoms with van der Waals surface area (Å²) < 4.78 is 0. The van der Waals surface area contributed by atoms with Crippen LogP contribution < -0.4 is 5.69 Å². The second-order valence-electron chi connectivity index (χ2n) is 4.45. The van der Waals surface area contributed by atoms with E-state index in [0.29, 0.717) is 0 Å². The fourth-order valence-electron chi connectivity index (χ4n) is 2.49. The van der Waals surface area contributed by atoms with E-state index in [1.165, 1.54) is 0 Å². The van der Waals surface area contributed by atoms with Crippen LogP contribution in [0.15, 0.2) is 53.6 Å². The van der Waals surface area contributed by atoms with Crippen molar-refractivity contribution in [3.05, 3.63) is 59.3 Å². The first-order chi connectivity index (χ1) is 9.33. The Balaban J connectivity index is 2.29. The van der Waals surface area contributed by atoms with Crippen LogP contribution in [0.3, 0.4) is 0 Å². The first-order valence-corrected chi connectivity index (χ1v) is 5.98. The second kappa shape index (κ2) is 3.62. The average Bonchev–Trinajstić information content (AvgIpc) is 2.46. The maximum atomic E-state index is 11.3. The summed E-state index contributed by atoms with van der Waals surface area (Å²) in [7, 11) is 0. The predicted molar refractivity (Wildman–Crippen MR) is 75.2 cm³/mol. The molecule has 0 aliphatic rings. The highest BCUT2D eigenvalue weighted by atomic mass is 16.1. The van der Waals surface area contributed by atoms with Gasteiger partial charge in [0.1, 0.15) is 0 Å². The Morgan fingerprint density at radius 3 is 2.74 bits per heavy atom. The molecule has 1 N–H and O–H groups in total. The molecule has 0 amide bonds. The summed E-state index contributed by atoms with van der Waals surface area (Å²) in [4.78, 5) is 22.2. The number of benzene rings is 2. The average molecular weight is 247 g/mol. The van der Waals surface area contributed by atoms with Gasteiger partial charge in [0.2, 0.25) is 0 Å². The number of nitrogens with one attached hydrogen (secondary N) is 1. The number of H-pyrrole nitrogens is 1. The van der Waals surface area contributed by atoms with Crippen LogP contribution in [-0.4, -0.2) is 15.0 Å². The third-order valence-electron chi connectivity index (χ3n) is 3.36. The van der Waals surface area contributed by atoms with Crippen molar-refractivity contribution in [3.8, 4) is 0 Å². The molecule has 0 aliphatic heterocycles. The van der Waals surface area contributed by atoms with Gasteiger partial charge >= 0.3 is 5.69 Å². The monoisotopic (exact) mass is 247 g/mol. The quantitative estimate of drug-likeness (QED) is 0.486. The van der Waals surface area contributed by atoms with Crippen LogP contribution in [0, 0.1) is 0 Å². The van der Waals surface area contributed by atoms with Crippen molar-refractivity contribution in [2.75, 3.05) is 0 Å². The van der Waals surface area contributed by atoms with Crippen molar-refractivity contribution in [3.63, 3.8) is 0 Å². The van der Waals surface area contributed by atoms with Gasteiger partial charge in [0.25, 0.3) is 0 Å². The third kappa shape index (κ3) is 1.43. The molecule has 90 valence electrons. The molecule has 0 spiro atoms. The lowest BCUT2D eigenvalue weighted by Crippen LogP contribution is -2.08. The Labute approximate surface area is 107 Å². The first-order valence-electron chi connectivity index (χ1n) is 5.98. The Morgan fingerprint density at radius 2 is 1.79 bits per heavy atom. The molecule has 0 saturated heterocycles. The molecule has 0 radical (unpaired) electrons. The number of pyridine rings is 1. The first kappa shape index (κ1) is 10.2. The molecule has 4 aromatic rings. The zero-order valence-electron chi connectivity index (χ0n) is 9.92. The Morgan fingerprint density at radius 1 is 0.895 bits per heavy atom. The molecule has 0 saturated carbocycles. The van der Waals surface area contributed by atoms with Crippen molar-refractivity contribution >= 4 is 32.6 Å². The lowest BCUT2D eigenvalue weighted by molar-refractivity contribution is 1.12. The molecule has 0 fully saturated rings. The van der Waals surface area contributed by atoms with Gasteiger partial charge in [-0.3, -0.25) is 4.98 Å². The van der Waals surface area contributed by atoms with Gasteiger partial charge in [0.15, 0.2) is 0 Å². The molecule has 0 aliphatic carbocycles. The van der Waals surface area contributed by atoms with Crippen LogP contribution in [-0.2, 0) is 0 Å².